The normalized spacial score (nSPS) is 12.7. The van der Waals surface area contributed by atoms with Crippen LogP contribution in [0.5, 0.6) is 0 Å². The molecule has 1 radical (unpaired) electrons. The minimum atomic E-state index is 0. The van der Waals surface area contributed by atoms with Gasteiger partial charge in [0.25, 0.3) is 0 Å². The summed E-state index contributed by atoms with van der Waals surface area (Å²) < 4.78 is 0. The topological polar surface area (TPSA) is 3.24 Å². The van der Waals surface area contributed by atoms with Gasteiger partial charge in [-0.15, -0.1) is 0 Å². The van der Waals surface area contributed by atoms with Crippen molar-refractivity contribution in [1.82, 2.24) is 0 Å². The number of nitrogens with zero attached hydrogens (tertiary/aromatic N) is 1. The Morgan fingerprint density at radius 3 is 1.72 bits per heavy atom. The van der Waals surface area contributed by atoms with Crippen molar-refractivity contribution in [2.24, 2.45) is 5.41 Å². The van der Waals surface area contributed by atoms with Gasteiger partial charge in [0.15, 0.2) is 0 Å². The molecule has 0 saturated carbocycles. The summed E-state index contributed by atoms with van der Waals surface area (Å²) in [5.74, 6) is 0. The van der Waals surface area contributed by atoms with Gasteiger partial charge in [-0.1, -0.05) is 45.7 Å². The number of benzene rings is 1. The summed E-state index contributed by atoms with van der Waals surface area (Å²) >= 11 is 0. The number of unbranched alkanes of at least 4 members (excludes halogenated alkanes) is 3. The average molecular weight is 419 g/mol. The van der Waals surface area contributed by atoms with E-state index in [4.69, 9.17) is 0 Å². The van der Waals surface area contributed by atoms with Gasteiger partial charge in [0.05, 0.1) is 0 Å². The second kappa shape index (κ2) is 9.89. The summed E-state index contributed by atoms with van der Waals surface area (Å²) in [7, 11) is 0. The molecule has 0 N–H and O–H groups in total. The molecule has 2 heteroatoms. The molecule has 141 valence electrons. The molecule has 0 unspecified atom stereocenters. The third-order valence-electron chi connectivity index (χ3n) is 5.48. The van der Waals surface area contributed by atoms with Crippen LogP contribution >= 0.6 is 0 Å². The van der Waals surface area contributed by atoms with Crippen molar-refractivity contribution in [3.63, 3.8) is 0 Å². The van der Waals surface area contributed by atoms with Crippen LogP contribution in [0.1, 0.15) is 86.6 Å². The van der Waals surface area contributed by atoms with E-state index in [1.165, 1.54) is 36.9 Å². The van der Waals surface area contributed by atoms with Gasteiger partial charge in [-0.05, 0) is 70.6 Å². The fraction of sp³-hybridized carbons (Fsp3) is 0.696. The number of rotatable bonds is 7. The van der Waals surface area contributed by atoms with Crippen LogP contribution in [0.3, 0.4) is 0 Å². The van der Waals surface area contributed by atoms with Gasteiger partial charge in [-0.2, -0.15) is 6.42 Å². The van der Waals surface area contributed by atoms with Gasteiger partial charge < -0.3 is 11.8 Å². The summed E-state index contributed by atoms with van der Waals surface area (Å²) in [4.78, 5) is 2.59. The molecule has 1 aromatic rings. The van der Waals surface area contributed by atoms with E-state index in [0.29, 0.717) is 0 Å². The first kappa shape index (κ1) is 25.1. The molecule has 0 spiro atoms. The quantitative estimate of drug-likeness (QED) is 0.338. The summed E-state index contributed by atoms with van der Waals surface area (Å²) in [6.45, 7) is 22.6. The number of hydrogen-bond donors (Lipinski definition) is 0. The third-order valence-corrected chi connectivity index (χ3v) is 5.48. The Balaban J connectivity index is 0.00000576. The summed E-state index contributed by atoms with van der Waals surface area (Å²) in [6, 6.07) is 9.26. The third kappa shape index (κ3) is 6.98. The summed E-state index contributed by atoms with van der Waals surface area (Å²) in [5.41, 5.74) is 3.09. The van der Waals surface area contributed by atoms with Gasteiger partial charge in [-0.3, -0.25) is 0 Å². The van der Waals surface area contributed by atoms with E-state index in [1.54, 1.807) is 0 Å². The van der Waals surface area contributed by atoms with E-state index in [1.807, 2.05) is 0 Å². The molecule has 25 heavy (non-hydrogen) atoms. The van der Waals surface area contributed by atoms with Gasteiger partial charge >= 0.3 is 0 Å². The molecule has 0 saturated heterocycles. The van der Waals surface area contributed by atoms with Crippen LogP contribution in [0.15, 0.2) is 24.3 Å². The average Bonchev–Trinajstić information content (AvgIpc) is 2.42. The molecule has 0 atom stereocenters. The molecule has 0 aliphatic rings. The fourth-order valence-electron chi connectivity index (χ4n) is 3.38. The standard InChI is InChI=1S/C23H40N.Y/c1-10-11-12-13-14-19-15-17-20(18-16-19)24(22(5,6)7)23(8,9)21(2,3)4;/h15-18H,1,10-14H2,2-9H3;/q-1;. The Hall–Kier alpha value is 0.124. The number of hydrogen-bond acceptors (Lipinski definition) is 1. The van der Waals surface area contributed by atoms with E-state index in [2.05, 4.69) is 91.5 Å². The van der Waals surface area contributed by atoms with Crippen molar-refractivity contribution in [3.8, 4) is 0 Å². The van der Waals surface area contributed by atoms with Crippen LogP contribution < -0.4 is 4.90 Å². The van der Waals surface area contributed by atoms with Crippen LogP contribution in [-0.2, 0) is 39.1 Å². The maximum Gasteiger partial charge on any atom is 0.0399 e. The minimum Gasteiger partial charge on any atom is -0.361 e. The van der Waals surface area contributed by atoms with Crippen LogP contribution in [0, 0.1) is 12.3 Å². The zero-order chi connectivity index (χ0) is 18.6. The van der Waals surface area contributed by atoms with E-state index in [-0.39, 0.29) is 49.2 Å². The van der Waals surface area contributed by atoms with Crippen molar-refractivity contribution in [2.45, 2.75) is 98.6 Å². The first-order valence-corrected chi connectivity index (χ1v) is 9.60. The van der Waals surface area contributed by atoms with Gasteiger partial charge in [0.2, 0.25) is 0 Å². The monoisotopic (exact) mass is 419 g/mol. The number of anilines is 1. The first-order valence-electron chi connectivity index (χ1n) is 9.60. The molecule has 1 nitrogen and oxygen atoms in total. The summed E-state index contributed by atoms with van der Waals surface area (Å²) in [6.07, 6.45) is 6.04. The Morgan fingerprint density at radius 1 is 0.800 bits per heavy atom. The molecule has 0 amide bonds. The van der Waals surface area contributed by atoms with E-state index in [0.717, 1.165) is 6.42 Å². The van der Waals surface area contributed by atoms with Gasteiger partial charge in [0, 0.05) is 49.5 Å². The second-order valence-electron chi connectivity index (χ2n) is 9.65. The fourth-order valence-corrected chi connectivity index (χ4v) is 3.38. The van der Waals surface area contributed by atoms with Crippen LogP contribution in [0.25, 0.3) is 0 Å². The molecule has 1 aromatic carbocycles. The minimum absolute atomic E-state index is 0. The van der Waals surface area contributed by atoms with Gasteiger partial charge in [-0.25, -0.2) is 0 Å². The second-order valence-corrected chi connectivity index (χ2v) is 9.65. The predicted octanol–water partition coefficient (Wildman–Crippen LogP) is 7.05. The largest absolute Gasteiger partial charge is 0.361 e. The van der Waals surface area contributed by atoms with Crippen molar-refractivity contribution in [3.05, 3.63) is 36.8 Å². The number of aryl methyl sites for hydroxylation is 1. The van der Waals surface area contributed by atoms with Crippen molar-refractivity contribution < 1.29 is 32.7 Å². The van der Waals surface area contributed by atoms with Crippen molar-refractivity contribution in [2.75, 3.05) is 4.90 Å². The Labute approximate surface area is 183 Å². The first-order chi connectivity index (χ1) is 10.9. The maximum atomic E-state index is 3.92. The Kier molecular flexibility index (Phi) is 9.93. The smallest absolute Gasteiger partial charge is 0.0399 e. The molecule has 0 heterocycles. The zero-order valence-electron chi connectivity index (χ0n) is 18.1. The Morgan fingerprint density at radius 2 is 1.32 bits per heavy atom. The molecule has 0 aliphatic heterocycles. The van der Waals surface area contributed by atoms with Crippen molar-refractivity contribution >= 4 is 5.69 Å². The molecular weight excluding hydrogens is 379 g/mol. The molecule has 1 rings (SSSR count). The molecular formula is C23H40NY-. The van der Waals surface area contributed by atoms with Gasteiger partial charge in [0.1, 0.15) is 0 Å². The van der Waals surface area contributed by atoms with E-state index < -0.39 is 0 Å². The molecule has 0 aromatic heterocycles. The van der Waals surface area contributed by atoms with E-state index >= 15 is 0 Å². The predicted molar refractivity (Wildman–Crippen MR) is 110 cm³/mol. The maximum absolute atomic E-state index is 3.92. The van der Waals surface area contributed by atoms with E-state index in [9.17, 15) is 0 Å². The van der Waals surface area contributed by atoms with Crippen LogP contribution in [0.2, 0.25) is 0 Å². The van der Waals surface area contributed by atoms with Crippen LogP contribution in [0.4, 0.5) is 5.69 Å². The molecule has 0 bridgehead atoms. The zero-order valence-corrected chi connectivity index (χ0v) is 20.9. The van der Waals surface area contributed by atoms with Crippen molar-refractivity contribution in [1.29, 1.82) is 0 Å². The van der Waals surface area contributed by atoms with Crippen LogP contribution in [-0.4, -0.2) is 11.1 Å². The molecule has 0 aliphatic carbocycles. The molecule has 0 fully saturated rings. The SMILES string of the molecule is [CH2-]CCCCCc1ccc(N(C(C)(C)C)C(C)(C)C(C)(C)C)cc1.[Y]. The summed E-state index contributed by atoms with van der Waals surface area (Å²) in [5, 5.41) is 0. The Bertz CT molecular complexity index is 488.